The maximum atomic E-state index is 2.95. The van der Waals surface area contributed by atoms with Crippen LogP contribution in [0.2, 0.25) is 0 Å². The molecule has 0 radical (unpaired) electrons. The maximum absolute atomic E-state index is 2.95. The van der Waals surface area contributed by atoms with Crippen LogP contribution in [-0.2, 0) is 0 Å². The van der Waals surface area contributed by atoms with Crippen molar-refractivity contribution in [2.24, 2.45) is 0 Å². The fraction of sp³-hybridized carbons (Fsp3) is 0.837. The van der Waals surface area contributed by atoms with Crippen molar-refractivity contribution in [3.63, 3.8) is 0 Å². The second-order valence-electron chi connectivity index (χ2n) is 16.6. The number of hydrogen-bond acceptors (Lipinski definition) is 0. The standard InChI is InChI=1S/C25H39P.C18H33P.2ClH/c1-5-13-22(14-6-1)21-26(23-15-7-2-8-16-23,24-17-9-3-10-18-24)25-19-11-4-12-20-25;1-4-10-16(11-5-1)19(17-12-6-2-7-13-17)18-14-8-3-9-15-18;;/h1,5-6,13-14,21,23-25H,2-4,7-12,15-20H2;16-18H,1-15H2;2*1H. The van der Waals surface area contributed by atoms with Crippen LogP contribution in [-0.4, -0.2) is 39.8 Å². The third-order valence-electron chi connectivity index (χ3n) is 13.8. The van der Waals surface area contributed by atoms with Crippen molar-refractivity contribution in [3.05, 3.63) is 35.9 Å². The third kappa shape index (κ3) is 11.0. The SMILES string of the molecule is C(c1ccccc1)=P(C1CCCCC1)(C1CCCCC1)C1CCCCC1.C1CCC(P(C2CCCCC2)C2CCCCC2)CC1.Cl.Cl. The van der Waals surface area contributed by atoms with Gasteiger partial charge in [0.15, 0.2) is 0 Å². The summed E-state index contributed by atoms with van der Waals surface area (Å²) in [7, 11) is 0.385. The smallest absolute Gasteiger partial charge is 0.0204 e. The Balaban J connectivity index is 0.000000213. The molecule has 7 rings (SSSR count). The van der Waals surface area contributed by atoms with Crippen LogP contribution in [0, 0.1) is 0 Å². The molecule has 0 atom stereocenters. The van der Waals surface area contributed by atoms with Gasteiger partial charge in [-0.25, -0.2) is 0 Å². The predicted molar refractivity (Wildman–Crippen MR) is 221 cm³/mol. The summed E-state index contributed by atoms with van der Waals surface area (Å²) in [5, 5.41) is 0. The molecule has 6 aliphatic carbocycles. The van der Waals surface area contributed by atoms with Crippen molar-refractivity contribution < 1.29 is 0 Å². The first-order chi connectivity index (χ1) is 22.3. The highest BCUT2D eigenvalue weighted by atomic mass is 35.5. The molecular formula is C43H74Cl2P2. The van der Waals surface area contributed by atoms with E-state index in [1.165, 1.54) is 94.0 Å². The molecule has 0 amide bonds. The minimum Gasteiger partial charge on any atom is -0.147 e. The Bertz CT molecular complexity index is 895. The molecule has 0 nitrogen and oxygen atoms in total. The normalized spacial score (nSPS) is 25.2. The first-order valence-electron chi connectivity index (χ1n) is 20.9. The van der Waals surface area contributed by atoms with Gasteiger partial charge in [0.25, 0.3) is 0 Å². The summed E-state index contributed by atoms with van der Waals surface area (Å²) >= 11 is 0. The lowest BCUT2D eigenvalue weighted by Gasteiger charge is -2.50. The zero-order valence-electron chi connectivity index (χ0n) is 30.4. The van der Waals surface area contributed by atoms with Gasteiger partial charge in [-0.2, -0.15) is 0 Å². The Labute approximate surface area is 306 Å². The molecule has 6 fully saturated rings. The van der Waals surface area contributed by atoms with Gasteiger partial charge in [0.05, 0.1) is 0 Å². The average Bonchev–Trinajstić information content (AvgIpc) is 3.14. The van der Waals surface area contributed by atoms with Crippen LogP contribution in [0.3, 0.4) is 0 Å². The number of hydrogen-bond donors (Lipinski definition) is 0. The molecule has 6 aliphatic rings. The molecule has 4 heteroatoms. The summed E-state index contributed by atoms with van der Waals surface area (Å²) in [5.74, 6) is 2.95. The van der Waals surface area contributed by atoms with Gasteiger partial charge in [-0.05, 0) is 117 Å². The molecule has 0 aromatic heterocycles. The molecule has 1 aromatic rings. The third-order valence-corrected chi connectivity index (χ3v) is 24.0. The number of benzene rings is 1. The molecule has 0 N–H and O–H groups in total. The second kappa shape index (κ2) is 21.8. The van der Waals surface area contributed by atoms with Crippen molar-refractivity contribution in [2.75, 3.05) is 0 Å². The predicted octanol–water partition coefficient (Wildman–Crippen LogP) is 15.2. The maximum Gasteiger partial charge on any atom is -0.0204 e. The Morgan fingerprint density at radius 1 is 0.383 bits per heavy atom. The minimum absolute atomic E-state index is 0. The summed E-state index contributed by atoms with van der Waals surface area (Å²) in [6.45, 7) is -1.07. The largest absolute Gasteiger partial charge is 0.147 e. The second-order valence-corrected chi connectivity index (χ2v) is 24.0. The van der Waals surface area contributed by atoms with E-state index in [9.17, 15) is 0 Å². The van der Waals surface area contributed by atoms with Gasteiger partial charge >= 0.3 is 0 Å². The zero-order valence-corrected chi connectivity index (χ0v) is 33.8. The molecule has 47 heavy (non-hydrogen) atoms. The number of rotatable bonds is 7. The molecule has 0 saturated heterocycles. The quantitative estimate of drug-likeness (QED) is 0.246. The Kier molecular flexibility index (Phi) is 18.7. The first-order valence-corrected chi connectivity index (χ1v) is 24.5. The first kappa shape index (κ1) is 40.3. The summed E-state index contributed by atoms with van der Waals surface area (Å²) in [6, 6.07) is 11.5. The van der Waals surface area contributed by atoms with Crippen molar-refractivity contribution in [1.29, 1.82) is 0 Å². The highest BCUT2D eigenvalue weighted by molar-refractivity contribution is 7.77. The lowest BCUT2D eigenvalue weighted by molar-refractivity contribution is 0.458. The topological polar surface area (TPSA) is 0 Å². The summed E-state index contributed by atoms with van der Waals surface area (Å²) in [4.78, 5) is 0. The van der Waals surface area contributed by atoms with Crippen molar-refractivity contribution in [3.8, 4) is 0 Å². The van der Waals surface area contributed by atoms with Crippen molar-refractivity contribution >= 4 is 45.4 Å². The van der Waals surface area contributed by atoms with Crippen LogP contribution in [0.1, 0.15) is 198 Å². The van der Waals surface area contributed by atoms with Gasteiger partial charge in [0.1, 0.15) is 0 Å². The molecule has 0 bridgehead atoms. The van der Waals surface area contributed by atoms with Crippen LogP contribution in [0.15, 0.2) is 30.3 Å². The van der Waals surface area contributed by atoms with Gasteiger partial charge in [-0.15, -0.1) is 24.8 Å². The minimum atomic E-state index is -1.07. The molecule has 270 valence electrons. The fourth-order valence-corrected chi connectivity index (χ4v) is 23.2. The van der Waals surface area contributed by atoms with Crippen LogP contribution in [0.5, 0.6) is 0 Å². The van der Waals surface area contributed by atoms with Crippen LogP contribution in [0.4, 0.5) is 0 Å². The summed E-state index contributed by atoms with van der Waals surface area (Å²) in [6.07, 6.45) is 46.4. The molecule has 0 heterocycles. The molecule has 0 spiro atoms. The van der Waals surface area contributed by atoms with E-state index in [-0.39, 0.29) is 24.8 Å². The van der Waals surface area contributed by atoms with E-state index >= 15 is 0 Å². The van der Waals surface area contributed by atoms with Gasteiger partial charge in [0, 0.05) is 0 Å². The Morgan fingerprint density at radius 3 is 0.957 bits per heavy atom. The van der Waals surface area contributed by atoms with Crippen molar-refractivity contribution in [1.82, 2.24) is 0 Å². The lowest BCUT2D eigenvalue weighted by atomic mass is 9.99. The summed E-state index contributed by atoms with van der Waals surface area (Å²) in [5.41, 5.74) is 8.30. The van der Waals surface area contributed by atoms with E-state index in [2.05, 4.69) is 36.1 Å². The van der Waals surface area contributed by atoms with Crippen LogP contribution in [0.25, 0.3) is 0 Å². The van der Waals surface area contributed by atoms with E-state index in [0.717, 1.165) is 17.0 Å². The van der Waals surface area contributed by atoms with Crippen molar-refractivity contribution in [2.45, 2.75) is 227 Å². The lowest BCUT2D eigenvalue weighted by Crippen LogP contribution is -2.32. The molecular weight excluding hydrogens is 649 g/mol. The van der Waals surface area contributed by atoms with E-state index in [0.29, 0.717) is 7.92 Å². The molecule has 0 unspecified atom stereocenters. The Hall–Kier alpha value is 0.530. The monoisotopic (exact) mass is 722 g/mol. The van der Waals surface area contributed by atoms with Gasteiger partial charge < -0.3 is 0 Å². The van der Waals surface area contributed by atoms with Gasteiger partial charge in [-0.1, -0.05) is 167 Å². The van der Waals surface area contributed by atoms with Gasteiger partial charge in [-0.3, -0.25) is 0 Å². The summed E-state index contributed by atoms with van der Waals surface area (Å²) < 4.78 is 0. The molecule has 1 aromatic carbocycles. The highest BCUT2D eigenvalue weighted by Crippen LogP contribution is 2.69. The van der Waals surface area contributed by atoms with E-state index < -0.39 is 6.89 Å². The van der Waals surface area contributed by atoms with E-state index in [4.69, 9.17) is 0 Å². The van der Waals surface area contributed by atoms with Crippen LogP contribution >= 0.6 is 39.6 Å². The molecule has 6 saturated carbocycles. The number of halogens is 2. The zero-order chi connectivity index (χ0) is 30.6. The fourth-order valence-electron chi connectivity index (χ4n) is 11.6. The average molecular weight is 724 g/mol. The Morgan fingerprint density at radius 2 is 0.660 bits per heavy atom. The van der Waals surface area contributed by atoms with E-state index in [1.54, 1.807) is 121 Å². The highest BCUT2D eigenvalue weighted by Gasteiger charge is 2.42. The van der Waals surface area contributed by atoms with Crippen LogP contribution < -0.4 is 0 Å². The molecule has 0 aliphatic heterocycles. The van der Waals surface area contributed by atoms with E-state index in [1.807, 2.05) is 0 Å². The van der Waals surface area contributed by atoms with Gasteiger partial charge in [0.2, 0.25) is 0 Å².